The fourth-order valence-electron chi connectivity index (χ4n) is 2.59. The smallest absolute Gasteiger partial charge is 0.293 e. The largest absolute Gasteiger partial charge is 0.486 e. The monoisotopic (exact) mass is 543 g/mol. The first-order valence-electron chi connectivity index (χ1n) is 8.50. The summed E-state index contributed by atoms with van der Waals surface area (Å²) in [5, 5.41) is -0.318. The van der Waals surface area contributed by atoms with Crippen LogP contribution in [-0.4, -0.2) is 36.3 Å². The van der Waals surface area contributed by atoms with Crippen molar-refractivity contribution in [3.63, 3.8) is 0 Å². The lowest BCUT2D eigenvalue weighted by Gasteiger charge is -2.12. The Kier molecular flexibility index (Phi) is 7.50. The van der Waals surface area contributed by atoms with Gasteiger partial charge in [0.2, 0.25) is 0 Å². The molecular formula is C20H16Br2FNO4S. The van der Waals surface area contributed by atoms with Gasteiger partial charge in [-0.15, -0.1) is 0 Å². The molecule has 0 unspecified atom stereocenters. The fourth-order valence-corrected chi connectivity index (χ4v) is 4.91. The third-order valence-corrected chi connectivity index (χ3v) is 6.13. The Morgan fingerprint density at radius 2 is 1.86 bits per heavy atom. The summed E-state index contributed by atoms with van der Waals surface area (Å²) < 4.78 is 25.7. The number of nitrogens with zero attached hydrogens (tertiary/aromatic N) is 1. The van der Waals surface area contributed by atoms with Gasteiger partial charge >= 0.3 is 0 Å². The predicted molar refractivity (Wildman–Crippen MR) is 117 cm³/mol. The van der Waals surface area contributed by atoms with Crippen molar-refractivity contribution in [2.24, 2.45) is 0 Å². The average Bonchev–Trinajstić information content (AvgIpc) is 2.93. The zero-order chi connectivity index (χ0) is 21.0. The first-order valence-corrected chi connectivity index (χ1v) is 10.9. The van der Waals surface area contributed by atoms with Crippen LogP contribution in [-0.2, 0) is 16.1 Å². The van der Waals surface area contributed by atoms with Crippen LogP contribution >= 0.6 is 43.6 Å². The molecule has 0 N–H and O–H groups in total. The van der Waals surface area contributed by atoms with E-state index in [4.69, 9.17) is 9.47 Å². The van der Waals surface area contributed by atoms with E-state index in [0.29, 0.717) is 30.7 Å². The van der Waals surface area contributed by atoms with Gasteiger partial charge in [-0.3, -0.25) is 14.5 Å². The zero-order valence-electron chi connectivity index (χ0n) is 15.3. The van der Waals surface area contributed by atoms with E-state index in [0.717, 1.165) is 16.7 Å². The number of hydrogen-bond acceptors (Lipinski definition) is 5. The van der Waals surface area contributed by atoms with Gasteiger partial charge in [0.25, 0.3) is 11.1 Å². The van der Waals surface area contributed by atoms with Gasteiger partial charge in [-0.05, 0) is 73.5 Å². The highest BCUT2D eigenvalue weighted by Crippen LogP contribution is 2.38. The second-order valence-electron chi connectivity index (χ2n) is 6.02. The molecule has 29 heavy (non-hydrogen) atoms. The molecule has 1 heterocycles. The highest BCUT2D eigenvalue weighted by Gasteiger charge is 2.34. The number of imide groups is 1. The minimum absolute atomic E-state index is 0.0710. The molecule has 0 saturated carbocycles. The highest BCUT2D eigenvalue weighted by atomic mass is 79.9. The van der Waals surface area contributed by atoms with Crippen molar-refractivity contribution in [2.45, 2.75) is 6.61 Å². The summed E-state index contributed by atoms with van der Waals surface area (Å²) in [5.74, 6) is -0.164. The topological polar surface area (TPSA) is 55.8 Å². The average molecular weight is 545 g/mol. The number of benzene rings is 2. The minimum atomic E-state index is -0.343. The summed E-state index contributed by atoms with van der Waals surface area (Å²) >= 11 is 7.79. The Morgan fingerprint density at radius 1 is 1.17 bits per heavy atom. The van der Waals surface area contributed by atoms with Crippen LogP contribution in [0.25, 0.3) is 6.08 Å². The SMILES string of the molecule is COCCN1C(=O)S/C(=C/c2cc(Br)c(OCc3ccccc3F)c(Br)c2)C1=O. The van der Waals surface area contributed by atoms with Crippen LogP contribution in [0.4, 0.5) is 9.18 Å². The van der Waals surface area contributed by atoms with Crippen molar-refractivity contribution < 1.29 is 23.5 Å². The van der Waals surface area contributed by atoms with Crippen LogP contribution < -0.4 is 4.74 Å². The van der Waals surface area contributed by atoms with E-state index in [1.807, 2.05) is 0 Å². The molecule has 3 rings (SSSR count). The molecule has 1 fully saturated rings. The maximum absolute atomic E-state index is 13.8. The number of halogens is 3. The standard InChI is InChI=1S/C20H16Br2FNO4S/c1-27-7-6-24-19(25)17(29-20(24)26)10-12-8-14(21)18(15(22)9-12)28-11-13-4-2-3-5-16(13)23/h2-5,8-10H,6-7,11H2,1H3/b17-10+. The van der Waals surface area contributed by atoms with Crippen molar-refractivity contribution in [3.8, 4) is 5.75 Å². The summed E-state index contributed by atoms with van der Waals surface area (Å²) in [6, 6.07) is 9.94. The molecule has 0 aromatic heterocycles. The van der Waals surface area contributed by atoms with Crippen molar-refractivity contribution in [1.82, 2.24) is 4.90 Å². The lowest BCUT2D eigenvalue weighted by molar-refractivity contribution is -0.123. The van der Waals surface area contributed by atoms with Crippen LogP contribution in [0.15, 0.2) is 50.2 Å². The van der Waals surface area contributed by atoms with Gasteiger partial charge in [0.05, 0.1) is 27.0 Å². The van der Waals surface area contributed by atoms with Crippen molar-refractivity contribution in [2.75, 3.05) is 20.3 Å². The number of rotatable bonds is 7. The molecule has 1 saturated heterocycles. The zero-order valence-corrected chi connectivity index (χ0v) is 19.3. The molecule has 2 aromatic rings. The van der Waals surface area contributed by atoms with E-state index in [1.54, 1.807) is 36.4 Å². The molecule has 2 amide bonds. The van der Waals surface area contributed by atoms with Gasteiger partial charge < -0.3 is 9.47 Å². The van der Waals surface area contributed by atoms with Gasteiger partial charge in [-0.25, -0.2) is 4.39 Å². The molecule has 0 bridgehead atoms. The first-order chi connectivity index (χ1) is 13.9. The van der Waals surface area contributed by atoms with Gasteiger partial charge in [0, 0.05) is 12.7 Å². The number of thioether (sulfide) groups is 1. The molecule has 152 valence electrons. The lowest BCUT2D eigenvalue weighted by atomic mass is 10.2. The summed E-state index contributed by atoms with van der Waals surface area (Å²) in [6.45, 7) is 0.576. The molecule has 9 heteroatoms. The number of amides is 2. The predicted octanol–water partition coefficient (Wildman–Crippen LogP) is 5.61. The van der Waals surface area contributed by atoms with E-state index in [-0.39, 0.29) is 36.7 Å². The fraction of sp³-hybridized carbons (Fsp3) is 0.200. The maximum atomic E-state index is 13.8. The van der Waals surface area contributed by atoms with E-state index in [9.17, 15) is 14.0 Å². The van der Waals surface area contributed by atoms with Crippen LogP contribution in [0.2, 0.25) is 0 Å². The second-order valence-corrected chi connectivity index (χ2v) is 8.72. The summed E-state index contributed by atoms with van der Waals surface area (Å²) in [4.78, 5) is 26.0. The Balaban J connectivity index is 1.77. The number of ether oxygens (including phenoxy) is 2. The number of carbonyl (C=O) groups excluding carboxylic acids is 2. The van der Waals surface area contributed by atoms with Crippen molar-refractivity contribution >= 4 is 60.8 Å². The van der Waals surface area contributed by atoms with Gasteiger partial charge in [-0.2, -0.15) is 0 Å². The second kappa shape index (κ2) is 9.88. The van der Waals surface area contributed by atoms with E-state index < -0.39 is 0 Å². The number of methoxy groups -OCH3 is 1. The van der Waals surface area contributed by atoms with E-state index in [2.05, 4.69) is 31.9 Å². The minimum Gasteiger partial charge on any atom is -0.486 e. The third-order valence-electron chi connectivity index (χ3n) is 4.04. The van der Waals surface area contributed by atoms with E-state index >= 15 is 0 Å². The Labute approximate surface area is 188 Å². The van der Waals surface area contributed by atoms with Crippen LogP contribution in [0.1, 0.15) is 11.1 Å². The van der Waals surface area contributed by atoms with Crippen LogP contribution in [0.3, 0.4) is 0 Å². The molecule has 0 spiro atoms. The van der Waals surface area contributed by atoms with E-state index in [1.165, 1.54) is 13.2 Å². The molecule has 1 aliphatic heterocycles. The van der Waals surface area contributed by atoms with Gasteiger partial charge in [-0.1, -0.05) is 18.2 Å². The number of carbonyl (C=O) groups is 2. The molecule has 0 aliphatic carbocycles. The highest BCUT2D eigenvalue weighted by molar-refractivity contribution is 9.11. The maximum Gasteiger partial charge on any atom is 0.293 e. The van der Waals surface area contributed by atoms with Gasteiger partial charge in [0.1, 0.15) is 18.2 Å². The molecule has 5 nitrogen and oxygen atoms in total. The first kappa shape index (κ1) is 22.0. The summed E-state index contributed by atoms with van der Waals surface area (Å²) in [6.07, 6.45) is 1.65. The molecular weight excluding hydrogens is 529 g/mol. The Bertz CT molecular complexity index is 960. The normalized spacial score (nSPS) is 15.4. The van der Waals surface area contributed by atoms with Gasteiger partial charge in [0.15, 0.2) is 0 Å². The van der Waals surface area contributed by atoms with Crippen LogP contribution in [0.5, 0.6) is 5.75 Å². The van der Waals surface area contributed by atoms with Crippen LogP contribution in [0, 0.1) is 5.82 Å². The lowest BCUT2D eigenvalue weighted by Crippen LogP contribution is -2.31. The molecule has 1 aliphatic rings. The summed E-state index contributed by atoms with van der Waals surface area (Å²) in [5.41, 5.74) is 1.15. The quantitative estimate of drug-likeness (QED) is 0.424. The molecule has 0 atom stereocenters. The Morgan fingerprint density at radius 3 is 2.52 bits per heavy atom. The van der Waals surface area contributed by atoms with Crippen molar-refractivity contribution in [3.05, 3.63) is 67.2 Å². The summed E-state index contributed by atoms with van der Waals surface area (Å²) in [7, 11) is 1.51. The molecule has 2 aromatic carbocycles. The Hall–Kier alpha value is -1.68. The number of hydrogen-bond donors (Lipinski definition) is 0. The molecule has 0 radical (unpaired) electrons. The third kappa shape index (κ3) is 5.28. The van der Waals surface area contributed by atoms with Crippen molar-refractivity contribution in [1.29, 1.82) is 0 Å².